The Morgan fingerprint density at radius 3 is 2.94 bits per heavy atom. The topological polar surface area (TPSA) is 49.9 Å². The molecular formula is C11H14ClN3O. The maximum Gasteiger partial charge on any atom is 0.294 e. The molecule has 2 heterocycles. The SMILES string of the molecule is Cl.c1ccc2[nH]c(O[C@H]3CCNC3)nc2c1. The normalized spacial score (nSPS) is 19.6. The lowest BCUT2D eigenvalue weighted by molar-refractivity contribution is 0.207. The Morgan fingerprint density at radius 1 is 1.31 bits per heavy atom. The Bertz CT molecular complexity index is 432. The van der Waals surface area contributed by atoms with Gasteiger partial charge in [-0.3, -0.25) is 0 Å². The third-order valence-corrected chi connectivity index (χ3v) is 2.66. The fraction of sp³-hybridized carbons (Fsp3) is 0.364. The summed E-state index contributed by atoms with van der Waals surface area (Å²) in [6.45, 7) is 1.95. The van der Waals surface area contributed by atoms with Gasteiger partial charge >= 0.3 is 0 Å². The van der Waals surface area contributed by atoms with Crippen molar-refractivity contribution in [2.75, 3.05) is 13.1 Å². The highest BCUT2D eigenvalue weighted by atomic mass is 35.5. The van der Waals surface area contributed by atoms with Crippen molar-refractivity contribution in [1.29, 1.82) is 0 Å². The third kappa shape index (κ3) is 2.13. The van der Waals surface area contributed by atoms with Gasteiger partial charge < -0.3 is 15.0 Å². The van der Waals surface area contributed by atoms with E-state index in [4.69, 9.17) is 4.74 Å². The number of H-pyrrole nitrogens is 1. The molecule has 0 unspecified atom stereocenters. The average molecular weight is 240 g/mol. The summed E-state index contributed by atoms with van der Waals surface area (Å²) in [5, 5.41) is 3.26. The number of hydrogen-bond donors (Lipinski definition) is 2. The van der Waals surface area contributed by atoms with Crippen molar-refractivity contribution in [3.63, 3.8) is 0 Å². The van der Waals surface area contributed by atoms with E-state index in [1.54, 1.807) is 0 Å². The minimum absolute atomic E-state index is 0. The van der Waals surface area contributed by atoms with Crippen molar-refractivity contribution in [1.82, 2.24) is 15.3 Å². The number of aromatic nitrogens is 2. The van der Waals surface area contributed by atoms with E-state index in [1.807, 2.05) is 24.3 Å². The average Bonchev–Trinajstić information content (AvgIpc) is 2.86. The van der Waals surface area contributed by atoms with Crippen LogP contribution in [0.15, 0.2) is 24.3 Å². The Labute approximate surface area is 99.8 Å². The molecule has 0 bridgehead atoms. The van der Waals surface area contributed by atoms with E-state index < -0.39 is 0 Å². The highest BCUT2D eigenvalue weighted by molar-refractivity contribution is 5.85. The summed E-state index contributed by atoms with van der Waals surface area (Å²) in [5.41, 5.74) is 1.98. The maximum absolute atomic E-state index is 5.73. The molecule has 1 saturated heterocycles. The number of aromatic amines is 1. The number of fused-ring (bicyclic) bond motifs is 1. The van der Waals surface area contributed by atoms with Crippen LogP contribution in [-0.2, 0) is 0 Å². The largest absolute Gasteiger partial charge is 0.460 e. The summed E-state index contributed by atoms with van der Waals surface area (Å²) < 4.78 is 5.73. The minimum atomic E-state index is 0. The van der Waals surface area contributed by atoms with Crippen molar-refractivity contribution in [3.05, 3.63) is 24.3 Å². The molecule has 0 spiro atoms. The molecule has 0 amide bonds. The van der Waals surface area contributed by atoms with Crippen molar-refractivity contribution in [2.45, 2.75) is 12.5 Å². The lowest BCUT2D eigenvalue weighted by atomic mass is 10.3. The number of imidazole rings is 1. The molecule has 3 rings (SSSR count). The molecule has 2 N–H and O–H groups in total. The fourth-order valence-electron chi connectivity index (χ4n) is 1.87. The van der Waals surface area contributed by atoms with Gasteiger partial charge in [-0.25, -0.2) is 0 Å². The first-order valence-corrected chi connectivity index (χ1v) is 5.24. The van der Waals surface area contributed by atoms with Crippen LogP contribution in [0.25, 0.3) is 11.0 Å². The second-order valence-electron chi connectivity index (χ2n) is 3.79. The second kappa shape index (κ2) is 4.72. The zero-order valence-corrected chi connectivity index (χ0v) is 9.59. The van der Waals surface area contributed by atoms with E-state index in [0.29, 0.717) is 6.01 Å². The van der Waals surface area contributed by atoms with Crippen LogP contribution in [0.3, 0.4) is 0 Å². The molecule has 1 aromatic heterocycles. The Balaban J connectivity index is 0.000000963. The standard InChI is InChI=1S/C11H13N3O.ClH/c1-2-4-10-9(3-1)13-11(14-10)15-8-5-6-12-7-8;/h1-4,8,12H,5-7H2,(H,13,14);1H/t8-;/m0./s1. The molecule has 2 aromatic rings. The van der Waals surface area contributed by atoms with Crippen LogP contribution in [0.4, 0.5) is 0 Å². The molecule has 1 aliphatic rings. The summed E-state index contributed by atoms with van der Waals surface area (Å²) in [7, 11) is 0. The van der Waals surface area contributed by atoms with E-state index in [0.717, 1.165) is 30.5 Å². The van der Waals surface area contributed by atoms with Crippen LogP contribution in [-0.4, -0.2) is 29.2 Å². The first kappa shape index (κ1) is 11.2. The molecule has 86 valence electrons. The van der Waals surface area contributed by atoms with E-state index in [1.165, 1.54) is 0 Å². The zero-order valence-electron chi connectivity index (χ0n) is 8.77. The lowest BCUT2D eigenvalue weighted by Crippen LogP contribution is -2.20. The van der Waals surface area contributed by atoms with E-state index >= 15 is 0 Å². The number of para-hydroxylation sites is 2. The van der Waals surface area contributed by atoms with E-state index in [-0.39, 0.29) is 18.5 Å². The number of halogens is 1. The molecule has 16 heavy (non-hydrogen) atoms. The number of rotatable bonds is 2. The molecule has 1 atom stereocenters. The lowest BCUT2D eigenvalue weighted by Gasteiger charge is -2.07. The summed E-state index contributed by atoms with van der Waals surface area (Å²) >= 11 is 0. The number of hydrogen-bond acceptors (Lipinski definition) is 3. The minimum Gasteiger partial charge on any atom is -0.460 e. The molecular weight excluding hydrogens is 226 g/mol. The summed E-state index contributed by atoms with van der Waals surface area (Å²) in [6, 6.07) is 8.57. The molecule has 4 nitrogen and oxygen atoms in total. The van der Waals surface area contributed by atoms with E-state index in [9.17, 15) is 0 Å². The van der Waals surface area contributed by atoms with Crippen molar-refractivity contribution < 1.29 is 4.74 Å². The second-order valence-corrected chi connectivity index (χ2v) is 3.79. The van der Waals surface area contributed by atoms with Crippen LogP contribution >= 0.6 is 12.4 Å². The van der Waals surface area contributed by atoms with Gasteiger partial charge in [0.25, 0.3) is 6.01 Å². The van der Waals surface area contributed by atoms with Crippen LogP contribution in [0, 0.1) is 0 Å². The van der Waals surface area contributed by atoms with Crippen LogP contribution < -0.4 is 10.1 Å². The van der Waals surface area contributed by atoms with E-state index in [2.05, 4.69) is 15.3 Å². The molecule has 5 heteroatoms. The van der Waals surface area contributed by atoms with Gasteiger partial charge in [-0.15, -0.1) is 12.4 Å². The molecule has 0 saturated carbocycles. The van der Waals surface area contributed by atoms with Crippen molar-refractivity contribution in [2.24, 2.45) is 0 Å². The maximum atomic E-state index is 5.73. The molecule has 0 radical (unpaired) electrons. The van der Waals surface area contributed by atoms with Gasteiger partial charge in [0.1, 0.15) is 6.10 Å². The van der Waals surface area contributed by atoms with Gasteiger partial charge in [0.2, 0.25) is 0 Å². The van der Waals surface area contributed by atoms with Gasteiger partial charge in [0.05, 0.1) is 11.0 Å². The highest BCUT2D eigenvalue weighted by Crippen LogP contribution is 2.17. The first-order chi connectivity index (χ1) is 7.42. The van der Waals surface area contributed by atoms with Crippen LogP contribution in [0.2, 0.25) is 0 Å². The summed E-state index contributed by atoms with van der Waals surface area (Å²) in [4.78, 5) is 7.53. The monoisotopic (exact) mass is 239 g/mol. The summed E-state index contributed by atoms with van der Waals surface area (Å²) in [5.74, 6) is 0. The van der Waals surface area contributed by atoms with Gasteiger partial charge in [0.15, 0.2) is 0 Å². The predicted octanol–water partition coefficient (Wildman–Crippen LogP) is 1.73. The quantitative estimate of drug-likeness (QED) is 0.839. The fourth-order valence-corrected chi connectivity index (χ4v) is 1.87. The number of benzene rings is 1. The number of ether oxygens (including phenoxy) is 1. The number of nitrogens with zero attached hydrogens (tertiary/aromatic N) is 1. The summed E-state index contributed by atoms with van der Waals surface area (Å²) in [6.07, 6.45) is 1.31. The highest BCUT2D eigenvalue weighted by Gasteiger charge is 2.17. The Kier molecular flexibility index (Phi) is 3.31. The van der Waals surface area contributed by atoms with Crippen LogP contribution in [0.5, 0.6) is 6.01 Å². The van der Waals surface area contributed by atoms with Gasteiger partial charge in [-0.1, -0.05) is 12.1 Å². The van der Waals surface area contributed by atoms with Crippen molar-refractivity contribution >= 4 is 23.4 Å². The predicted molar refractivity (Wildman–Crippen MR) is 65.2 cm³/mol. The third-order valence-electron chi connectivity index (χ3n) is 2.66. The zero-order chi connectivity index (χ0) is 10.1. The molecule has 0 aliphatic carbocycles. The number of nitrogens with one attached hydrogen (secondary N) is 2. The van der Waals surface area contributed by atoms with Crippen molar-refractivity contribution in [3.8, 4) is 6.01 Å². The van der Waals surface area contributed by atoms with Gasteiger partial charge in [0, 0.05) is 6.54 Å². The Morgan fingerprint density at radius 2 is 2.19 bits per heavy atom. The Hall–Kier alpha value is -1.26. The first-order valence-electron chi connectivity index (χ1n) is 5.24. The van der Waals surface area contributed by atoms with Gasteiger partial charge in [-0.05, 0) is 25.1 Å². The molecule has 1 fully saturated rings. The van der Waals surface area contributed by atoms with Crippen LogP contribution in [0.1, 0.15) is 6.42 Å². The smallest absolute Gasteiger partial charge is 0.294 e. The molecule has 1 aliphatic heterocycles. The molecule has 1 aromatic carbocycles. The van der Waals surface area contributed by atoms with Gasteiger partial charge in [-0.2, -0.15) is 4.98 Å².